The number of sulfonamides is 1. The topological polar surface area (TPSA) is 50.3 Å². The van der Waals surface area contributed by atoms with Crippen molar-refractivity contribution in [3.05, 3.63) is 52.0 Å². The first-order valence-corrected chi connectivity index (χ1v) is 9.91. The van der Waals surface area contributed by atoms with E-state index in [1.807, 2.05) is 36.5 Å². The van der Waals surface area contributed by atoms with Crippen LogP contribution in [0.1, 0.15) is 34.2 Å². The number of aryl methyl sites for hydroxylation is 1. The summed E-state index contributed by atoms with van der Waals surface area (Å²) < 4.78 is 26.7. The molecule has 0 N–H and O–H groups in total. The standard InChI is InChI=1S/C16H20N2O2S2/c1-13-11-17-16(21-13)15-7-9-18(10-8-15)22(19,20)12-14-5-3-2-4-6-14/h2-6,11,15H,7-10,12H2,1H3. The Morgan fingerprint density at radius 2 is 1.91 bits per heavy atom. The number of piperidine rings is 1. The van der Waals surface area contributed by atoms with Gasteiger partial charge >= 0.3 is 0 Å². The fourth-order valence-electron chi connectivity index (χ4n) is 2.82. The zero-order valence-electron chi connectivity index (χ0n) is 12.6. The Bertz CT molecular complexity index is 718. The fourth-order valence-corrected chi connectivity index (χ4v) is 5.32. The summed E-state index contributed by atoms with van der Waals surface area (Å²) in [5, 5.41) is 1.15. The van der Waals surface area contributed by atoms with E-state index in [4.69, 9.17) is 0 Å². The van der Waals surface area contributed by atoms with Crippen LogP contribution < -0.4 is 0 Å². The second-order valence-corrected chi connectivity index (χ2v) is 8.96. The highest BCUT2D eigenvalue weighted by Crippen LogP contribution is 2.32. The molecule has 0 saturated carbocycles. The van der Waals surface area contributed by atoms with Crippen molar-refractivity contribution in [1.82, 2.24) is 9.29 Å². The van der Waals surface area contributed by atoms with Gasteiger partial charge in [0.15, 0.2) is 0 Å². The highest BCUT2D eigenvalue weighted by Gasteiger charge is 2.29. The molecule has 22 heavy (non-hydrogen) atoms. The molecule has 2 aromatic rings. The molecule has 0 bridgehead atoms. The van der Waals surface area contributed by atoms with Crippen LogP contribution in [0.4, 0.5) is 0 Å². The van der Waals surface area contributed by atoms with E-state index in [1.54, 1.807) is 15.6 Å². The van der Waals surface area contributed by atoms with Crippen molar-refractivity contribution in [2.75, 3.05) is 13.1 Å². The quantitative estimate of drug-likeness (QED) is 0.862. The first kappa shape index (κ1) is 15.6. The predicted octanol–water partition coefficient (Wildman–Crippen LogP) is 3.16. The maximum atomic E-state index is 12.5. The Labute approximate surface area is 135 Å². The van der Waals surface area contributed by atoms with Crippen LogP contribution in [0, 0.1) is 6.92 Å². The van der Waals surface area contributed by atoms with Gasteiger partial charge < -0.3 is 0 Å². The van der Waals surface area contributed by atoms with Gasteiger partial charge in [-0.05, 0) is 25.3 Å². The zero-order valence-corrected chi connectivity index (χ0v) is 14.2. The fraction of sp³-hybridized carbons (Fsp3) is 0.438. The third kappa shape index (κ3) is 3.56. The normalized spacial score (nSPS) is 17.7. The summed E-state index contributed by atoms with van der Waals surface area (Å²) in [6, 6.07) is 9.38. The first-order valence-electron chi connectivity index (χ1n) is 7.49. The van der Waals surface area contributed by atoms with Crippen LogP contribution in [0.25, 0.3) is 0 Å². The summed E-state index contributed by atoms with van der Waals surface area (Å²) in [5.41, 5.74) is 0.847. The molecule has 0 aliphatic carbocycles. The molecular weight excluding hydrogens is 316 g/mol. The van der Waals surface area contributed by atoms with Crippen molar-refractivity contribution in [1.29, 1.82) is 0 Å². The van der Waals surface area contributed by atoms with Crippen LogP contribution in [0.15, 0.2) is 36.5 Å². The summed E-state index contributed by atoms with van der Waals surface area (Å²) in [7, 11) is -3.22. The Balaban J connectivity index is 1.63. The van der Waals surface area contributed by atoms with Gasteiger partial charge in [-0.25, -0.2) is 17.7 Å². The molecule has 0 atom stereocenters. The lowest BCUT2D eigenvalue weighted by atomic mass is 9.99. The number of hydrogen-bond acceptors (Lipinski definition) is 4. The number of aromatic nitrogens is 1. The zero-order chi connectivity index (χ0) is 15.6. The van der Waals surface area contributed by atoms with Gasteiger partial charge in [0.1, 0.15) is 0 Å². The molecule has 1 fully saturated rings. The van der Waals surface area contributed by atoms with Crippen LogP contribution in [-0.4, -0.2) is 30.8 Å². The summed E-state index contributed by atoms with van der Waals surface area (Å²) in [5.74, 6) is 0.497. The van der Waals surface area contributed by atoms with Crippen LogP contribution in [-0.2, 0) is 15.8 Å². The maximum absolute atomic E-state index is 12.5. The van der Waals surface area contributed by atoms with E-state index in [1.165, 1.54) is 4.88 Å². The van der Waals surface area contributed by atoms with Gasteiger partial charge in [-0.1, -0.05) is 30.3 Å². The minimum atomic E-state index is -3.22. The van der Waals surface area contributed by atoms with Gasteiger partial charge in [0.2, 0.25) is 10.0 Å². The number of nitrogens with zero attached hydrogens (tertiary/aromatic N) is 2. The molecule has 6 heteroatoms. The Hall–Kier alpha value is -1.24. The Morgan fingerprint density at radius 1 is 1.23 bits per heavy atom. The van der Waals surface area contributed by atoms with Crippen molar-refractivity contribution in [2.24, 2.45) is 0 Å². The van der Waals surface area contributed by atoms with Gasteiger partial charge in [-0.3, -0.25) is 0 Å². The van der Waals surface area contributed by atoms with E-state index >= 15 is 0 Å². The molecule has 1 aliphatic heterocycles. The lowest BCUT2D eigenvalue weighted by molar-refractivity contribution is 0.319. The van der Waals surface area contributed by atoms with E-state index in [0.29, 0.717) is 19.0 Å². The van der Waals surface area contributed by atoms with Gasteiger partial charge in [-0.2, -0.15) is 0 Å². The molecule has 1 aromatic carbocycles. The molecule has 1 aliphatic rings. The van der Waals surface area contributed by atoms with Crippen LogP contribution in [0.5, 0.6) is 0 Å². The molecule has 1 aromatic heterocycles. The van der Waals surface area contributed by atoms with Crippen molar-refractivity contribution >= 4 is 21.4 Å². The molecular formula is C16H20N2O2S2. The lowest BCUT2D eigenvalue weighted by Crippen LogP contribution is -2.38. The van der Waals surface area contributed by atoms with Crippen molar-refractivity contribution in [3.8, 4) is 0 Å². The highest BCUT2D eigenvalue weighted by atomic mass is 32.2. The maximum Gasteiger partial charge on any atom is 0.218 e. The van der Waals surface area contributed by atoms with Gasteiger partial charge in [0.25, 0.3) is 0 Å². The number of rotatable bonds is 4. The Kier molecular flexibility index (Phi) is 4.61. The molecule has 3 rings (SSSR count). The van der Waals surface area contributed by atoms with Crippen LogP contribution in [0.3, 0.4) is 0 Å². The van der Waals surface area contributed by atoms with Crippen LogP contribution in [0.2, 0.25) is 0 Å². The van der Waals surface area contributed by atoms with Crippen molar-refractivity contribution in [3.63, 3.8) is 0 Å². The summed E-state index contributed by atoms with van der Waals surface area (Å²) in [6.07, 6.45) is 3.63. The molecule has 0 amide bonds. The van der Waals surface area contributed by atoms with E-state index in [9.17, 15) is 8.42 Å². The third-order valence-corrected chi connectivity index (χ3v) is 6.95. The smallest absolute Gasteiger partial charge is 0.218 e. The molecule has 0 unspecified atom stereocenters. The molecule has 0 radical (unpaired) electrons. The van der Waals surface area contributed by atoms with E-state index in [0.717, 1.165) is 23.4 Å². The SMILES string of the molecule is Cc1cnc(C2CCN(S(=O)(=O)Cc3ccccc3)CC2)s1. The molecule has 1 saturated heterocycles. The third-order valence-electron chi connectivity index (χ3n) is 4.03. The van der Waals surface area contributed by atoms with Crippen molar-refractivity contribution < 1.29 is 8.42 Å². The van der Waals surface area contributed by atoms with E-state index in [2.05, 4.69) is 11.9 Å². The molecule has 118 valence electrons. The number of thiazole rings is 1. The highest BCUT2D eigenvalue weighted by molar-refractivity contribution is 7.88. The second-order valence-electron chi connectivity index (χ2n) is 5.72. The van der Waals surface area contributed by atoms with Gasteiger partial charge in [0.05, 0.1) is 10.8 Å². The number of hydrogen-bond donors (Lipinski definition) is 0. The molecule has 2 heterocycles. The average Bonchev–Trinajstić information content (AvgIpc) is 2.95. The van der Waals surface area contributed by atoms with Crippen LogP contribution >= 0.6 is 11.3 Å². The van der Waals surface area contributed by atoms with Crippen molar-refractivity contribution in [2.45, 2.75) is 31.4 Å². The summed E-state index contributed by atoms with van der Waals surface area (Å²) in [6.45, 7) is 3.25. The predicted molar refractivity (Wildman–Crippen MR) is 89.5 cm³/mol. The molecule has 4 nitrogen and oxygen atoms in total. The minimum Gasteiger partial charge on any atom is -0.249 e. The van der Waals surface area contributed by atoms with E-state index < -0.39 is 10.0 Å². The first-order chi connectivity index (χ1) is 10.5. The average molecular weight is 336 g/mol. The van der Waals surface area contributed by atoms with Gasteiger partial charge in [0, 0.05) is 30.1 Å². The van der Waals surface area contributed by atoms with E-state index in [-0.39, 0.29) is 5.75 Å². The monoisotopic (exact) mass is 336 g/mol. The largest absolute Gasteiger partial charge is 0.249 e. The molecule has 0 spiro atoms. The summed E-state index contributed by atoms with van der Waals surface area (Å²) in [4.78, 5) is 5.66. The minimum absolute atomic E-state index is 0.0921. The van der Waals surface area contributed by atoms with Gasteiger partial charge in [-0.15, -0.1) is 11.3 Å². The number of benzene rings is 1. The summed E-state index contributed by atoms with van der Waals surface area (Å²) >= 11 is 1.73. The lowest BCUT2D eigenvalue weighted by Gasteiger charge is -2.30. The Morgan fingerprint density at radius 3 is 2.50 bits per heavy atom. The second kappa shape index (κ2) is 6.48.